The molecule has 1 fully saturated rings. The number of rotatable bonds is 3. The highest BCUT2D eigenvalue weighted by Crippen LogP contribution is 2.46. The third-order valence-corrected chi connectivity index (χ3v) is 3.64. The van der Waals surface area contributed by atoms with Crippen LogP contribution in [0.25, 0.3) is 0 Å². The summed E-state index contributed by atoms with van der Waals surface area (Å²) < 4.78 is 12.1. The molecule has 0 amide bonds. The molecular weight excluding hydrogens is 169 g/mol. The average Bonchev–Trinajstić information content (AvgIpc) is 2.03. The summed E-state index contributed by atoms with van der Waals surface area (Å²) in [6.07, 6.45) is -0.824. The highest BCUT2D eigenvalue weighted by molar-refractivity contribution is 5.06. The van der Waals surface area contributed by atoms with Gasteiger partial charge in [-0.05, 0) is 19.3 Å². The Kier molecular flexibility index (Phi) is 2.70. The fraction of sp³-hybridized carbons (Fsp3) is 1.00. The molecule has 2 nitrogen and oxygen atoms in total. The first-order valence-corrected chi connectivity index (χ1v) is 4.80. The molecule has 1 unspecified atom stereocenters. The van der Waals surface area contributed by atoms with Gasteiger partial charge in [-0.1, -0.05) is 13.8 Å². The smallest absolute Gasteiger partial charge is 0.117 e. The molecule has 0 aliphatic carbocycles. The molecule has 1 rings (SSSR count). The van der Waals surface area contributed by atoms with Crippen LogP contribution in [0.3, 0.4) is 0 Å². The third kappa shape index (κ3) is 1.72. The van der Waals surface area contributed by atoms with Crippen molar-refractivity contribution in [3.63, 3.8) is 0 Å². The molecule has 78 valence electrons. The summed E-state index contributed by atoms with van der Waals surface area (Å²) in [6, 6.07) is 0. The van der Waals surface area contributed by atoms with Crippen molar-refractivity contribution >= 4 is 0 Å². The van der Waals surface area contributed by atoms with Gasteiger partial charge >= 0.3 is 0 Å². The van der Waals surface area contributed by atoms with E-state index < -0.39 is 12.8 Å². The number of halogens is 1. The number of β-amino-alcohol motifs (C(OH)–C–C–N with tert-alkyl or cyclic N) is 1. The lowest BCUT2D eigenvalue weighted by atomic mass is 9.65. The van der Waals surface area contributed by atoms with Crippen LogP contribution in [0.5, 0.6) is 0 Å². The van der Waals surface area contributed by atoms with E-state index in [1.54, 1.807) is 0 Å². The van der Waals surface area contributed by atoms with E-state index in [2.05, 4.69) is 32.6 Å². The van der Waals surface area contributed by atoms with E-state index in [0.29, 0.717) is 6.54 Å². The van der Waals surface area contributed by atoms with E-state index in [9.17, 15) is 9.50 Å². The lowest BCUT2D eigenvalue weighted by molar-refractivity contribution is -0.132. The van der Waals surface area contributed by atoms with Gasteiger partial charge in [0, 0.05) is 18.6 Å². The molecule has 1 aliphatic rings. The lowest BCUT2D eigenvalue weighted by Gasteiger charge is -2.61. The van der Waals surface area contributed by atoms with E-state index in [4.69, 9.17) is 0 Å². The molecule has 0 saturated carbocycles. The summed E-state index contributed by atoms with van der Waals surface area (Å²) in [6.45, 7) is 9.43. The Morgan fingerprint density at radius 2 is 1.92 bits per heavy atom. The monoisotopic (exact) mass is 189 g/mol. The highest BCUT2D eigenvalue weighted by atomic mass is 19.1. The Balaban J connectivity index is 2.49. The second kappa shape index (κ2) is 3.21. The van der Waals surface area contributed by atoms with Crippen molar-refractivity contribution in [1.82, 2.24) is 4.90 Å². The van der Waals surface area contributed by atoms with Gasteiger partial charge in [0.15, 0.2) is 0 Å². The molecule has 0 radical (unpaired) electrons. The molecule has 1 atom stereocenters. The number of likely N-dealkylation sites (tertiary alicyclic amines) is 1. The summed E-state index contributed by atoms with van der Waals surface area (Å²) in [5.41, 5.74) is 0.339. The second-order valence-electron chi connectivity index (χ2n) is 5.13. The van der Waals surface area contributed by atoms with Crippen LogP contribution in [0.2, 0.25) is 0 Å². The number of nitrogens with zero attached hydrogens (tertiary/aromatic N) is 1. The van der Waals surface area contributed by atoms with Gasteiger partial charge in [0.05, 0.1) is 6.10 Å². The molecule has 1 saturated heterocycles. The molecule has 1 aliphatic heterocycles. The van der Waals surface area contributed by atoms with E-state index in [1.165, 1.54) is 0 Å². The maximum atomic E-state index is 12.1. The van der Waals surface area contributed by atoms with Crippen LogP contribution in [0, 0.1) is 5.41 Å². The van der Waals surface area contributed by atoms with Crippen LogP contribution in [0.1, 0.15) is 27.7 Å². The predicted octanol–water partition coefficient (Wildman–Crippen LogP) is 1.44. The minimum atomic E-state index is -0.824. The van der Waals surface area contributed by atoms with Gasteiger partial charge in [-0.2, -0.15) is 0 Å². The zero-order valence-electron chi connectivity index (χ0n) is 8.97. The zero-order valence-corrected chi connectivity index (χ0v) is 8.97. The number of hydrogen-bond donors (Lipinski definition) is 1. The van der Waals surface area contributed by atoms with Crippen molar-refractivity contribution in [2.45, 2.75) is 39.3 Å². The molecule has 0 aromatic rings. The Labute approximate surface area is 79.7 Å². The van der Waals surface area contributed by atoms with Gasteiger partial charge in [-0.15, -0.1) is 0 Å². The largest absolute Gasteiger partial charge is 0.389 e. The SMILES string of the molecule is CC1(C)CN(CC(O)CF)C1(C)C. The molecule has 0 bridgehead atoms. The van der Waals surface area contributed by atoms with Crippen molar-refractivity contribution in [3.8, 4) is 0 Å². The van der Waals surface area contributed by atoms with Crippen LogP contribution < -0.4 is 0 Å². The predicted molar refractivity (Wildman–Crippen MR) is 51.4 cm³/mol. The van der Waals surface area contributed by atoms with E-state index in [0.717, 1.165) is 6.54 Å². The molecule has 1 heterocycles. The molecule has 3 heteroatoms. The molecular formula is C10H20FNO. The van der Waals surface area contributed by atoms with Crippen molar-refractivity contribution in [1.29, 1.82) is 0 Å². The summed E-state index contributed by atoms with van der Waals surface area (Å²) in [7, 11) is 0. The summed E-state index contributed by atoms with van der Waals surface area (Å²) >= 11 is 0. The topological polar surface area (TPSA) is 23.5 Å². The standard InChI is InChI=1S/C10H20FNO/c1-9(2)7-12(10(9,3)4)6-8(13)5-11/h8,13H,5-7H2,1-4H3. The van der Waals surface area contributed by atoms with Gasteiger partial charge in [-0.3, -0.25) is 4.90 Å². The van der Waals surface area contributed by atoms with E-state index in [1.807, 2.05) is 0 Å². The first-order chi connectivity index (χ1) is 5.81. The van der Waals surface area contributed by atoms with Crippen molar-refractivity contribution in [3.05, 3.63) is 0 Å². The van der Waals surface area contributed by atoms with Crippen LogP contribution >= 0.6 is 0 Å². The Morgan fingerprint density at radius 1 is 1.38 bits per heavy atom. The molecule has 0 aromatic heterocycles. The first kappa shape index (κ1) is 10.9. The fourth-order valence-corrected chi connectivity index (χ4v) is 1.80. The maximum Gasteiger partial charge on any atom is 0.117 e. The first-order valence-electron chi connectivity index (χ1n) is 4.80. The van der Waals surface area contributed by atoms with Gasteiger partial charge in [-0.25, -0.2) is 4.39 Å². The van der Waals surface area contributed by atoms with E-state index >= 15 is 0 Å². The second-order valence-corrected chi connectivity index (χ2v) is 5.13. The minimum Gasteiger partial charge on any atom is -0.389 e. The minimum absolute atomic E-state index is 0.0726. The summed E-state index contributed by atoms with van der Waals surface area (Å²) in [5.74, 6) is 0. The van der Waals surface area contributed by atoms with Crippen molar-refractivity contribution < 1.29 is 9.50 Å². The Morgan fingerprint density at radius 3 is 2.23 bits per heavy atom. The number of alkyl halides is 1. The number of aliphatic hydroxyl groups is 1. The summed E-state index contributed by atoms with van der Waals surface area (Å²) in [5, 5.41) is 9.18. The van der Waals surface area contributed by atoms with Crippen molar-refractivity contribution in [2.24, 2.45) is 5.41 Å². The van der Waals surface area contributed by atoms with Gasteiger partial charge in [0.2, 0.25) is 0 Å². The maximum absolute atomic E-state index is 12.1. The van der Waals surface area contributed by atoms with Crippen LogP contribution in [-0.4, -0.2) is 41.4 Å². The molecule has 13 heavy (non-hydrogen) atoms. The Hall–Kier alpha value is -0.150. The normalized spacial score (nSPS) is 28.2. The average molecular weight is 189 g/mol. The fourth-order valence-electron chi connectivity index (χ4n) is 1.80. The van der Waals surface area contributed by atoms with Crippen LogP contribution in [0.4, 0.5) is 4.39 Å². The molecule has 0 aromatic carbocycles. The van der Waals surface area contributed by atoms with Gasteiger partial charge < -0.3 is 5.11 Å². The quantitative estimate of drug-likeness (QED) is 0.726. The third-order valence-electron chi connectivity index (χ3n) is 3.64. The van der Waals surface area contributed by atoms with E-state index in [-0.39, 0.29) is 11.0 Å². The zero-order chi connectivity index (χ0) is 10.3. The lowest BCUT2D eigenvalue weighted by Crippen LogP contribution is -2.70. The van der Waals surface area contributed by atoms with Crippen LogP contribution in [0.15, 0.2) is 0 Å². The molecule has 1 N–H and O–H groups in total. The van der Waals surface area contributed by atoms with Crippen molar-refractivity contribution in [2.75, 3.05) is 19.8 Å². The number of aliphatic hydroxyl groups excluding tert-OH is 1. The van der Waals surface area contributed by atoms with Gasteiger partial charge in [0.25, 0.3) is 0 Å². The number of hydrogen-bond acceptors (Lipinski definition) is 2. The highest BCUT2D eigenvalue weighted by Gasteiger charge is 2.52. The van der Waals surface area contributed by atoms with Gasteiger partial charge in [0.1, 0.15) is 6.67 Å². The Bertz CT molecular complexity index is 191. The van der Waals surface area contributed by atoms with Crippen LogP contribution in [-0.2, 0) is 0 Å². The molecule has 0 spiro atoms. The summed E-state index contributed by atoms with van der Waals surface area (Å²) in [4.78, 5) is 2.14.